The lowest BCUT2D eigenvalue weighted by atomic mass is 9.51. The largest absolute Gasteiger partial charge is 0.393 e. The third kappa shape index (κ3) is 4.78. The molecule has 8 unspecified atom stereocenters. The van der Waals surface area contributed by atoms with Gasteiger partial charge in [-0.25, -0.2) is 8.42 Å². The van der Waals surface area contributed by atoms with E-state index in [2.05, 4.69) is 13.0 Å². The highest BCUT2D eigenvalue weighted by atomic mass is 32.2. The lowest BCUT2D eigenvalue weighted by molar-refractivity contribution is -0.0200. The Labute approximate surface area is 212 Å². The number of rotatable bonds is 7. The highest BCUT2D eigenvalue weighted by Crippen LogP contribution is 2.64. The van der Waals surface area contributed by atoms with Crippen LogP contribution < -0.4 is 0 Å². The molecule has 0 radical (unpaired) electrons. The molecular weight excluding hydrogens is 456 g/mol. The number of aliphatic hydroxyl groups excluding tert-OH is 2. The van der Waals surface area contributed by atoms with E-state index < -0.39 is 21.2 Å². The monoisotopic (exact) mass is 500 g/mol. The van der Waals surface area contributed by atoms with Gasteiger partial charge in [0.25, 0.3) is 0 Å². The first-order chi connectivity index (χ1) is 16.7. The van der Waals surface area contributed by atoms with E-state index in [0.717, 1.165) is 43.4 Å². The van der Waals surface area contributed by atoms with Crippen molar-refractivity contribution < 1.29 is 18.6 Å². The van der Waals surface area contributed by atoms with E-state index in [-0.39, 0.29) is 6.10 Å². The molecule has 0 bridgehead atoms. The van der Waals surface area contributed by atoms with Crippen LogP contribution in [0.2, 0.25) is 0 Å². The molecule has 3 saturated carbocycles. The number of benzene rings is 1. The first-order valence-electron chi connectivity index (χ1n) is 14.0. The van der Waals surface area contributed by atoms with Gasteiger partial charge >= 0.3 is 0 Å². The zero-order chi connectivity index (χ0) is 24.8. The van der Waals surface area contributed by atoms with Gasteiger partial charge in [0.15, 0.2) is 9.84 Å². The van der Waals surface area contributed by atoms with E-state index in [9.17, 15) is 18.6 Å². The van der Waals surface area contributed by atoms with Crippen LogP contribution in [0.1, 0.15) is 84.5 Å². The van der Waals surface area contributed by atoms with Crippen molar-refractivity contribution in [2.24, 2.45) is 35.0 Å². The molecule has 0 aliphatic heterocycles. The molecule has 2 N–H and O–H groups in total. The Kier molecular flexibility index (Phi) is 7.24. The first kappa shape index (κ1) is 25.5. The summed E-state index contributed by atoms with van der Waals surface area (Å²) in [5.74, 6) is 3.52. The molecule has 4 nitrogen and oxygen atoms in total. The fraction of sp³-hybridized carbons (Fsp3) is 0.733. The summed E-state index contributed by atoms with van der Waals surface area (Å²) in [5.41, 5.74) is 1.84. The second-order valence-electron chi connectivity index (χ2n) is 12.5. The summed E-state index contributed by atoms with van der Waals surface area (Å²) in [7, 11) is -3.46. The number of hydrogen-bond donors (Lipinski definition) is 2. The molecule has 0 spiro atoms. The fourth-order valence-electron chi connectivity index (χ4n) is 8.80. The summed E-state index contributed by atoms with van der Waals surface area (Å²) in [6, 6.07) is 8.79. The standard InChI is InChI=1S/C30H44O4S/c1-20(31)18-25(35(33,34)24-6-4-3-5-7-24)12-9-22-10-15-29-28-13-8-21-19-23(32)11-14-26(21)27(28)16-17-30(22,29)2/h3-8,20,22-23,25-29,31-32H,9-19H2,1-2H3/t20-,22?,23?,25?,26?,27?,28?,29?,30?/m1/s1. The SMILES string of the molecule is C[C@@H](O)CC(CCC1CCC2C3CC=C4CC(O)CCC4C3CCC12C)S(=O)(=O)c1ccccc1. The van der Waals surface area contributed by atoms with Crippen molar-refractivity contribution in [2.75, 3.05) is 0 Å². The molecule has 0 amide bonds. The predicted molar refractivity (Wildman–Crippen MR) is 140 cm³/mol. The van der Waals surface area contributed by atoms with Crippen molar-refractivity contribution in [3.05, 3.63) is 42.0 Å². The summed E-state index contributed by atoms with van der Waals surface area (Å²) in [4.78, 5) is 0.379. The van der Waals surface area contributed by atoms with Gasteiger partial charge in [0.05, 0.1) is 22.4 Å². The second-order valence-corrected chi connectivity index (χ2v) is 14.7. The van der Waals surface area contributed by atoms with Crippen molar-refractivity contribution in [3.8, 4) is 0 Å². The minimum Gasteiger partial charge on any atom is -0.393 e. The van der Waals surface area contributed by atoms with Crippen LogP contribution >= 0.6 is 0 Å². The molecule has 35 heavy (non-hydrogen) atoms. The van der Waals surface area contributed by atoms with Gasteiger partial charge in [0, 0.05) is 0 Å². The minimum atomic E-state index is -3.46. The van der Waals surface area contributed by atoms with Crippen LogP contribution in [0, 0.1) is 35.0 Å². The van der Waals surface area contributed by atoms with E-state index in [1.165, 1.54) is 37.7 Å². The van der Waals surface area contributed by atoms with Gasteiger partial charge < -0.3 is 10.2 Å². The van der Waals surface area contributed by atoms with Gasteiger partial charge in [-0.05, 0) is 125 Å². The van der Waals surface area contributed by atoms with Gasteiger partial charge in [0.1, 0.15) is 0 Å². The smallest absolute Gasteiger partial charge is 0.181 e. The van der Waals surface area contributed by atoms with Gasteiger partial charge in [-0.2, -0.15) is 0 Å². The molecule has 0 heterocycles. The molecule has 5 rings (SSSR count). The maximum atomic E-state index is 13.4. The Morgan fingerprint density at radius 2 is 1.83 bits per heavy atom. The Morgan fingerprint density at radius 1 is 1.06 bits per heavy atom. The number of allylic oxidation sites excluding steroid dienone is 1. The number of fused-ring (bicyclic) bond motifs is 5. The van der Waals surface area contributed by atoms with Crippen LogP contribution in [-0.4, -0.2) is 36.1 Å². The number of aliphatic hydroxyl groups is 2. The summed E-state index contributed by atoms with van der Waals surface area (Å²) in [6.07, 6.45) is 12.8. The molecule has 3 fully saturated rings. The maximum Gasteiger partial charge on any atom is 0.181 e. The fourth-order valence-corrected chi connectivity index (χ4v) is 10.7. The molecule has 1 aromatic carbocycles. The number of hydrogen-bond acceptors (Lipinski definition) is 4. The average molecular weight is 501 g/mol. The quantitative estimate of drug-likeness (QED) is 0.455. The van der Waals surface area contributed by atoms with Crippen molar-refractivity contribution in [1.82, 2.24) is 0 Å². The summed E-state index contributed by atoms with van der Waals surface area (Å²) in [6.45, 7) is 4.21. The molecule has 9 atom stereocenters. The molecule has 5 heteroatoms. The molecule has 4 aliphatic rings. The van der Waals surface area contributed by atoms with E-state index in [0.29, 0.717) is 35.0 Å². The van der Waals surface area contributed by atoms with Crippen LogP contribution in [0.3, 0.4) is 0 Å². The molecule has 1 aromatic rings. The maximum absolute atomic E-state index is 13.4. The first-order valence-corrected chi connectivity index (χ1v) is 15.6. The van der Waals surface area contributed by atoms with E-state index in [1.54, 1.807) is 31.2 Å². The molecule has 0 aromatic heterocycles. The third-order valence-electron chi connectivity index (χ3n) is 10.6. The van der Waals surface area contributed by atoms with Crippen LogP contribution in [0.4, 0.5) is 0 Å². The van der Waals surface area contributed by atoms with E-state index in [1.807, 2.05) is 6.07 Å². The molecule has 4 aliphatic carbocycles. The Bertz CT molecular complexity index is 1020. The zero-order valence-electron chi connectivity index (χ0n) is 21.5. The van der Waals surface area contributed by atoms with Gasteiger partial charge in [-0.3, -0.25) is 0 Å². The highest BCUT2D eigenvalue weighted by Gasteiger charge is 2.55. The lowest BCUT2D eigenvalue weighted by Crippen LogP contribution is -2.46. The van der Waals surface area contributed by atoms with Crippen molar-refractivity contribution in [2.45, 2.75) is 107 Å². The normalized spacial score (nSPS) is 38.6. The van der Waals surface area contributed by atoms with Crippen LogP contribution in [0.5, 0.6) is 0 Å². The van der Waals surface area contributed by atoms with E-state index in [4.69, 9.17) is 0 Å². The highest BCUT2D eigenvalue weighted by molar-refractivity contribution is 7.92. The summed E-state index contributed by atoms with van der Waals surface area (Å²) >= 11 is 0. The van der Waals surface area contributed by atoms with Crippen LogP contribution in [0.25, 0.3) is 0 Å². The third-order valence-corrected chi connectivity index (χ3v) is 12.8. The average Bonchev–Trinajstić information content (AvgIpc) is 3.17. The Hall–Kier alpha value is -1.17. The molecule has 0 saturated heterocycles. The Morgan fingerprint density at radius 3 is 2.57 bits per heavy atom. The van der Waals surface area contributed by atoms with Crippen LogP contribution in [0.15, 0.2) is 46.9 Å². The zero-order valence-corrected chi connectivity index (χ0v) is 22.3. The second kappa shape index (κ2) is 9.95. The van der Waals surface area contributed by atoms with Crippen LogP contribution in [-0.2, 0) is 9.84 Å². The van der Waals surface area contributed by atoms with Gasteiger partial charge in [-0.1, -0.05) is 36.8 Å². The summed E-state index contributed by atoms with van der Waals surface area (Å²) < 4.78 is 26.9. The minimum absolute atomic E-state index is 0.138. The van der Waals surface area contributed by atoms with Crippen molar-refractivity contribution in [3.63, 3.8) is 0 Å². The van der Waals surface area contributed by atoms with Crippen molar-refractivity contribution >= 4 is 9.84 Å². The van der Waals surface area contributed by atoms with Crippen molar-refractivity contribution in [1.29, 1.82) is 0 Å². The number of sulfone groups is 1. The summed E-state index contributed by atoms with van der Waals surface area (Å²) in [5, 5.41) is 19.7. The lowest BCUT2D eigenvalue weighted by Gasteiger charge is -2.54. The van der Waals surface area contributed by atoms with Gasteiger partial charge in [-0.15, -0.1) is 0 Å². The van der Waals surface area contributed by atoms with Gasteiger partial charge in [0.2, 0.25) is 0 Å². The van der Waals surface area contributed by atoms with E-state index >= 15 is 0 Å². The topological polar surface area (TPSA) is 74.6 Å². The molecule has 194 valence electrons. The molecular formula is C30H44O4S. The predicted octanol–water partition coefficient (Wildman–Crippen LogP) is 5.93. The Balaban J connectivity index is 1.30.